The van der Waals surface area contributed by atoms with Crippen LogP contribution in [0.2, 0.25) is 0 Å². The maximum atomic E-state index is 11.1. The lowest BCUT2D eigenvalue weighted by Gasteiger charge is -2.18. The average molecular weight is 440 g/mol. The Bertz CT molecular complexity index is 1150. The van der Waals surface area contributed by atoms with Crippen molar-refractivity contribution in [2.75, 3.05) is 26.2 Å². The smallest absolute Gasteiger partial charge is 0.317 e. The summed E-state index contributed by atoms with van der Waals surface area (Å²) in [5, 5.41) is 28.9. The highest BCUT2D eigenvalue weighted by Gasteiger charge is 2.16. The first-order chi connectivity index (χ1) is 15.2. The number of hydrogen-bond acceptors (Lipinski definition) is 7. The van der Waals surface area contributed by atoms with E-state index in [-0.39, 0.29) is 13.1 Å². The van der Waals surface area contributed by atoms with E-state index in [9.17, 15) is 14.4 Å². The SMILES string of the molecule is CCN(CC(=O)O)Cc1ccc2ccc3ccc(CN(CC(=O)O)CC(=O)O)nc3c2n1. The summed E-state index contributed by atoms with van der Waals surface area (Å²) in [6, 6.07) is 11.2. The molecule has 0 unspecified atom stereocenters. The van der Waals surface area contributed by atoms with Crippen molar-refractivity contribution in [2.45, 2.75) is 20.0 Å². The Balaban J connectivity index is 1.96. The first-order valence-electron chi connectivity index (χ1n) is 10.0. The average Bonchev–Trinajstić information content (AvgIpc) is 2.71. The monoisotopic (exact) mass is 440 g/mol. The first-order valence-corrected chi connectivity index (χ1v) is 10.0. The standard InChI is InChI=1S/C22H24N4O6/c1-2-25(11-18(27)28)9-16-7-5-14-3-4-15-6-8-17(24-22(15)21(14)23-16)10-26(12-19(29)30)13-20(31)32/h3-8H,2,9-13H2,1H3,(H,27,28)(H,29,30)(H,31,32). The summed E-state index contributed by atoms with van der Waals surface area (Å²) in [5.41, 5.74) is 2.50. The van der Waals surface area contributed by atoms with Gasteiger partial charge in [-0.3, -0.25) is 24.2 Å². The predicted molar refractivity (Wildman–Crippen MR) is 116 cm³/mol. The third-order valence-corrected chi connectivity index (χ3v) is 4.93. The predicted octanol–water partition coefficient (Wildman–Crippen LogP) is 1.66. The Morgan fingerprint density at radius 3 is 1.47 bits per heavy atom. The fourth-order valence-electron chi connectivity index (χ4n) is 3.50. The lowest BCUT2D eigenvalue weighted by Crippen LogP contribution is -2.34. The van der Waals surface area contributed by atoms with E-state index in [1.165, 1.54) is 4.90 Å². The lowest BCUT2D eigenvalue weighted by atomic mass is 10.1. The number of likely N-dealkylation sites (N-methyl/N-ethyl adjacent to an activating group) is 1. The molecule has 0 atom stereocenters. The number of carbonyl (C=O) groups is 3. The number of carboxylic acids is 3. The zero-order chi connectivity index (χ0) is 23.3. The van der Waals surface area contributed by atoms with Crippen LogP contribution >= 0.6 is 0 Å². The van der Waals surface area contributed by atoms with Gasteiger partial charge >= 0.3 is 17.9 Å². The van der Waals surface area contributed by atoms with Gasteiger partial charge in [-0.1, -0.05) is 31.2 Å². The molecule has 0 aliphatic heterocycles. The number of rotatable bonds is 11. The van der Waals surface area contributed by atoms with E-state index in [1.54, 1.807) is 11.0 Å². The van der Waals surface area contributed by atoms with Crippen molar-refractivity contribution in [3.63, 3.8) is 0 Å². The van der Waals surface area contributed by atoms with Crippen LogP contribution in [-0.4, -0.2) is 79.2 Å². The molecule has 0 bridgehead atoms. The van der Waals surface area contributed by atoms with Gasteiger partial charge in [-0.25, -0.2) is 9.97 Å². The number of carboxylic acid groups (broad SMARTS) is 3. The molecule has 0 radical (unpaired) electrons. The zero-order valence-corrected chi connectivity index (χ0v) is 17.6. The normalized spacial score (nSPS) is 11.5. The minimum absolute atomic E-state index is 0.0623. The van der Waals surface area contributed by atoms with Gasteiger partial charge in [-0.15, -0.1) is 0 Å². The van der Waals surface area contributed by atoms with Crippen LogP contribution in [0.15, 0.2) is 36.4 Å². The van der Waals surface area contributed by atoms with Crippen molar-refractivity contribution in [2.24, 2.45) is 0 Å². The van der Waals surface area contributed by atoms with Gasteiger partial charge in [0.2, 0.25) is 0 Å². The molecule has 0 amide bonds. The van der Waals surface area contributed by atoms with Crippen molar-refractivity contribution in [3.8, 4) is 0 Å². The summed E-state index contributed by atoms with van der Waals surface area (Å²) in [4.78, 5) is 45.6. The second-order valence-electron chi connectivity index (χ2n) is 7.44. The van der Waals surface area contributed by atoms with Crippen molar-refractivity contribution >= 4 is 39.7 Å². The Morgan fingerprint density at radius 1 is 0.688 bits per heavy atom. The maximum absolute atomic E-state index is 11.1. The van der Waals surface area contributed by atoms with E-state index in [0.717, 1.165) is 10.8 Å². The third kappa shape index (κ3) is 5.96. The zero-order valence-electron chi connectivity index (χ0n) is 17.6. The molecule has 2 aromatic heterocycles. The molecule has 3 N–H and O–H groups in total. The number of aliphatic carboxylic acids is 3. The van der Waals surface area contributed by atoms with Crippen LogP contribution in [0.1, 0.15) is 18.3 Å². The number of nitrogens with zero attached hydrogens (tertiary/aromatic N) is 4. The van der Waals surface area contributed by atoms with Crippen molar-refractivity contribution in [1.29, 1.82) is 0 Å². The van der Waals surface area contributed by atoms with Crippen molar-refractivity contribution in [3.05, 3.63) is 47.8 Å². The number of aromatic nitrogens is 2. The molecule has 3 aromatic rings. The van der Waals surface area contributed by atoms with Crippen LogP contribution in [0.4, 0.5) is 0 Å². The van der Waals surface area contributed by atoms with Gasteiger partial charge in [0, 0.05) is 23.9 Å². The Labute approximate surface area is 183 Å². The van der Waals surface area contributed by atoms with Gasteiger partial charge in [0.05, 0.1) is 42.1 Å². The Kier molecular flexibility index (Phi) is 7.29. The molecule has 10 heteroatoms. The topological polar surface area (TPSA) is 144 Å². The van der Waals surface area contributed by atoms with Crippen LogP contribution in [0, 0.1) is 0 Å². The van der Waals surface area contributed by atoms with Crippen LogP contribution in [0.25, 0.3) is 21.8 Å². The molecule has 32 heavy (non-hydrogen) atoms. The summed E-state index contributed by atoms with van der Waals surface area (Å²) < 4.78 is 0. The molecule has 0 saturated heterocycles. The van der Waals surface area contributed by atoms with Gasteiger partial charge in [0.15, 0.2) is 0 Å². The van der Waals surface area contributed by atoms with Crippen LogP contribution in [0.5, 0.6) is 0 Å². The first kappa shape index (κ1) is 23.0. The number of benzene rings is 1. The van der Waals surface area contributed by atoms with E-state index in [1.807, 2.05) is 37.3 Å². The largest absolute Gasteiger partial charge is 0.480 e. The third-order valence-electron chi connectivity index (χ3n) is 4.93. The summed E-state index contributed by atoms with van der Waals surface area (Å²) in [6.07, 6.45) is 0. The highest BCUT2D eigenvalue weighted by molar-refractivity contribution is 6.02. The fourth-order valence-corrected chi connectivity index (χ4v) is 3.50. The molecular formula is C22H24N4O6. The molecule has 0 aliphatic carbocycles. The quantitative estimate of drug-likeness (QED) is 0.376. The van der Waals surface area contributed by atoms with E-state index in [4.69, 9.17) is 20.3 Å². The second-order valence-corrected chi connectivity index (χ2v) is 7.44. The van der Waals surface area contributed by atoms with E-state index in [2.05, 4.69) is 4.98 Å². The summed E-state index contributed by atoms with van der Waals surface area (Å²) >= 11 is 0. The van der Waals surface area contributed by atoms with Crippen molar-refractivity contribution < 1.29 is 29.7 Å². The number of pyridine rings is 2. The molecule has 0 saturated carbocycles. The minimum atomic E-state index is -1.12. The second kappa shape index (κ2) is 10.1. The molecule has 3 rings (SSSR count). The Hall–Kier alpha value is -3.63. The molecule has 0 aliphatic rings. The van der Waals surface area contributed by atoms with Crippen LogP contribution in [0.3, 0.4) is 0 Å². The van der Waals surface area contributed by atoms with E-state index < -0.39 is 31.0 Å². The van der Waals surface area contributed by atoms with Crippen molar-refractivity contribution in [1.82, 2.24) is 19.8 Å². The van der Waals surface area contributed by atoms with Gasteiger partial charge in [-0.2, -0.15) is 0 Å². The van der Waals surface area contributed by atoms with Gasteiger partial charge in [0.1, 0.15) is 0 Å². The Morgan fingerprint density at radius 2 is 1.06 bits per heavy atom. The lowest BCUT2D eigenvalue weighted by molar-refractivity contribution is -0.142. The van der Waals surface area contributed by atoms with E-state index in [0.29, 0.717) is 35.5 Å². The van der Waals surface area contributed by atoms with E-state index >= 15 is 0 Å². The minimum Gasteiger partial charge on any atom is -0.480 e. The molecule has 1 aromatic carbocycles. The summed E-state index contributed by atoms with van der Waals surface area (Å²) in [7, 11) is 0. The van der Waals surface area contributed by atoms with Gasteiger partial charge in [0.25, 0.3) is 0 Å². The summed E-state index contributed by atoms with van der Waals surface area (Å²) in [5.74, 6) is -3.15. The molecule has 0 spiro atoms. The van der Waals surface area contributed by atoms with Gasteiger partial charge < -0.3 is 15.3 Å². The highest BCUT2D eigenvalue weighted by atomic mass is 16.4. The molecule has 168 valence electrons. The van der Waals surface area contributed by atoms with Crippen LogP contribution < -0.4 is 0 Å². The molecule has 2 heterocycles. The fraction of sp³-hybridized carbons (Fsp3) is 0.318. The van der Waals surface area contributed by atoms with Crippen LogP contribution in [-0.2, 0) is 27.5 Å². The number of hydrogen-bond donors (Lipinski definition) is 3. The molecule has 0 fully saturated rings. The molecular weight excluding hydrogens is 416 g/mol. The summed E-state index contributed by atoms with van der Waals surface area (Å²) in [6.45, 7) is 1.96. The number of fused-ring (bicyclic) bond motifs is 3. The molecule has 10 nitrogen and oxygen atoms in total. The maximum Gasteiger partial charge on any atom is 0.317 e. The highest BCUT2D eigenvalue weighted by Crippen LogP contribution is 2.24. The van der Waals surface area contributed by atoms with Gasteiger partial charge in [-0.05, 0) is 18.7 Å².